The van der Waals surface area contributed by atoms with Crippen LogP contribution in [0, 0.1) is 13.8 Å². The number of hydrogen-bond acceptors (Lipinski definition) is 4. The lowest BCUT2D eigenvalue weighted by Gasteiger charge is -2.12. The molecule has 0 unspecified atom stereocenters. The van der Waals surface area contributed by atoms with E-state index in [-0.39, 0.29) is 24.0 Å². The van der Waals surface area contributed by atoms with Crippen molar-refractivity contribution < 1.29 is 0 Å². The van der Waals surface area contributed by atoms with Crippen molar-refractivity contribution in [2.24, 2.45) is 4.99 Å². The lowest BCUT2D eigenvalue weighted by Crippen LogP contribution is -2.38. The van der Waals surface area contributed by atoms with E-state index in [1.54, 1.807) is 18.7 Å². The topological polar surface area (TPSA) is 85.0 Å². The van der Waals surface area contributed by atoms with E-state index in [0.717, 1.165) is 49.1 Å². The molecule has 0 aliphatic carbocycles. The summed E-state index contributed by atoms with van der Waals surface area (Å²) < 4.78 is 3.94. The molecule has 0 spiro atoms. The SMILES string of the molecule is CCNC(=NCc1ccnc(-n2ccnc2)c1)NCCCn1nc(C)cc1C.I. The largest absolute Gasteiger partial charge is 0.357 e. The van der Waals surface area contributed by atoms with E-state index in [9.17, 15) is 0 Å². The van der Waals surface area contributed by atoms with E-state index < -0.39 is 0 Å². The van der Waals surface area contributed by atoms with Gasteiger partial charge >= 0.3 is 0 Å². The number of nitrogens with zero attached hydrogens (tertiary/aromatic N) is 6. The standard InChI is InChI=1S/C20H28N8.HI/c1-4-22-20(24-7-5-10-28-17(3)12-16(2)26-28)25-14-18-6-8-23-19(13-18)27-11-9-21-15-27;/h6,8-9,11-13,15H,4-5,7,10,14H2,1-3H3,(H2,22,24,25);1H. The second-order valence-electron chi connectivity index (χ2n) is 6.62. The highest BCUT2D eigenvalue weighted by Gasteiger charge is 2.03. The van der Waals surface area contributed by atoms with Crippen molar-refractivity contribution in [3.05, 3.63) is 60.1 Å². The molecule has 2 N–H and O–H groups in total. The third-order valence-corrected chi connectivity index (χ3v) is 4.29. The third-order valence-electron chi connectivity index (χ3n) is 4.29. The van der Waals surface area contributed by atoms with E-state index in [1.165, 1.54) is 5.69 Å². The van der Waals surface area contributed by atoms with Crippen LogP contribution in [-0.2, 0) is 13.1 Å². The Kier molecular flexibility index (Phi) is 9.10. The molecule has 9 heteroatoms. The maximum absolute atomic E-state index is 4.69. The van der Waals surface area contributed by atoms with Crippen LogP contribution in [0.1, 0.15) is 30.3 Å². The Morgan fingerprint density at radius 2 is 2.03 bits per heavy atom. The fraction of sp³-hybridized carbons (Fsp3) is 0.400. The lowest BCUT2D eigenvalue weighted by molar-refractivity contribution is 0.555. The van der Waals surface area contributed by atoms with Gasteiger partial charge in [0, 0.05) is 43.9 Å². The molecular weight excluding hydrogens is 479 g/mol. The molecule has 0 atom stereocenters. The van der Waals surface area contributed by atoms with E-state index in [4.69, 9.17) is 4.99 Å². The van der Waals surface area contributed by atoms with Gasteiger partial charge in [0.05, 0.1) is 12.2 Å². The number of aromatic nitrogens is 5. The number of halogens is 1. The average Bonchev–Trinajstić information content (AvgIpc) is 3.33. The summed E-state index contributed by atoms with van der Waals surface area (Å²) in [6.07, 6.45) is 8.14. The van der Waals surface area contributed by atoms with E-state index in [1.807, 2.05) is 29.8 Å². The third kappa shape index (κ3) is 6.84. The second-order valence-corrected chi connectivity index (χ2v) is 6.62. The van der Waals surface area contributed by atoms with Crippen LogP contribution in [0.3, 0.4) is 0 Å². The van der Waals surface area contributed by atoms with Crippen molar-refractivity contribution in [1.82, 2.24) is 34.9 Å². The lowest BCUT2D eigenvalue weighted by atomic mass is 10.2. The molecule has 8 nitrogen and oxygen atoms in total. The van der Waals surface area contributed by atoms with Crippen molar-refractivity contribution in [2.45, 2.75) is 40.3 Å². The summed E-state index contributed by atoms with van der Waals surface area (Å²) >= 11 is 0. The molecule has 0 aliphatic heterocycles. The summed E-state index contributed by atoms with van der Waals surface area (Å²) in [7, 11) is 0. The molecule has 156 valence electrons. The predicted molar refractivity (Wildman–Crippen MR) is 126 cm³/mol. The molecular formula is C20H29IN8. The number of nitrogens with one attached hydrogen (secondary N) is 2. The first kappa shape index (κ1) is 22.9. The maximum Gasteiger partial charge on any atom is 0.191 e. The van der Waals surface area contributed by atoms with Gasteiger partial charge in [0.15, 0.2) is 5.96 Å². The van der Waals surface area contributed by atoms with Gasteiger partial charge in [0.1, 0.15) is 12.1 Å². The molecule has 3 rings (SSSR count). The minimum absolute atomic E-state index is 0. The normalized spacial score (nSPS) is 11.2. The maximum atomic E-state index is 4.69. The fourth-order valence-electron chi connectivity index (χ4n) is 2.94. The van der Waals surface area contributed by atoms with Gasteiger partial charge in [-0.15, -0.1) is 24.0 Å². The molecule has 3 heterocycles. The van der Waals surface area contributed by atoms with Gasteiger partial charge in [0.2, 0.25) is 0 Å². The van der Waals surface area contributed by atoms with Crippen LogP contribution in [0.2, 0.25) is 0 Å². The molecule has 0 fully saturated rings. The summed E-state index contributed by atoms with van der Waals surface area (Å²) in [4.78, 5) is 13.1. The predicted octanol–water partition coefficient (Wildman–Crippen LogP) is 2.84. The average molecular weight is 508 g/mol. The summed E-state index contributed by atoms with van der Waals surface area (Å²) in [5, 5.41) is 11.2. The number of hydrogen-bond donors (Lipinski definition) is 2. The summed E-state index contributed by atoms with van der Waals surface area (Å²) in [6.45, 7) is 9.31. The number of aliphatic imine (C=N–C) groups is 1. The zero-order valence-electron chi connectivity index (χ0n) is 17.2. The first-order chi connectivity index (χ1) is 13.7. The van der Waals surface area contributed by atoms with Gasteiger partial charge in [-0.2, -0.15) is 5.10 Å². The number of aryl methyl sites for hydroxylation is 3. The summed E-state index contributed by atoms with van der Waals surface area (Å²) in [5.41, 5.74) is 3.36. The highest BCUT2D eigenvalue weighted by atomic mass is 127. The van der Waals surface area contributed by atoms with Crippen LogP contribution < -0.4 is 10.6 Å². The number of pyridine rings is 1. The van der Waals surface area contributed by atoms with E-state index in [2.05, 4.69) is 50.3 Å². The number of imidazole rings is 1. The minimum atomic E-state index is 0. The Hall–Kier alpha value is -2.43. The summed E-state index contributed by atoms with van der Waals surface area (Å²) in [5.74, 6) is 1.66. The second kappa shape index (κ2) is 11.5. The molecule has 0 radical (unpaired) electrons. The first-order valence-electron chi connectivity index (χ1n) is 9.62. The zero-order valence-corrected chi connectivity index (χ0v) is 19.5. The zero-order chi connectivity index (χ0) is 19.8. The molecule has 0 saturated carbocycles. The van der Waals surface area contributed by atoms with Crippen molar-refractivity contribution in [1.29, 1.82) is 0 Å². The molecule has 3 aromatic heterocycles. The van der Waals surface area contributed by atoms with Gasteiger partial charge < -0.3 is 10.6 Å². The molecule has 0 saturated heterocycles. The minimum Gasteiger partial charge on any atom is -0.357 e. The Labute approximate surface area is 188 Å². The smallest absolute Gasteiger partial charge is 0.191 e. The van der Waals surface area contributed by atoms with Crippen molar-refractivity contribution in [2.75, 3.05) is 13.1 Å². The van der Waals surface area contributed by atoms with E-state index in [0.29, 0.717) is 6.54 Å². The van der Waals surface area contributed by atoms with Crippen LogP contribution in [0.4, 0.5) is 0 Å². The quantitative estimate of drug-likeness (QED) is 0.212. The number of rotatable bonds is 8. The molecule has 0 bridgehead atoms. The van der Waals surface area contributed by atoms with Gasteiger partial charge in [-0.05, 0) is 51.0 Å². The number of guanidine groups is 1. The Morgan fingerprint density at radius 1 is 1.17 bits per heavy atom. The fourth-order valence-corrected chi connectivity index (χ4v) is 2.94. The monoisotopic (exact) mass is 508 g/mol. The van der Waals surface area contributed by atoms with Crippen molar-refractivity contribution >= 4 is 29.9 Å². The van der Waals surface area contributed by atoms with Gasteiger partial charge in [-0.1, -0.05) is 0 Å². The highest BCUT2D eigenvalue weighted by molar-refractivity contribution is 14.0. The Morgan fingerprint density at radius 3 is 2.72 bits per heavy atom. The van der Waals surface area contributed by atoms with Crippen LogP contribution >= 0.6 is 24.0 Å². The Bertz CT molecular complexity index is 901. The van der Waals surface area contributed by atoms with Crippen molar-refractivity contribution in [3.8, 4) is 5.82 Å². The summed E-state index contributed by atoms with van der Waals surface area (Å²) in [6, 6.07) is 6.11. The molecule has 0 aromatic carbocycles. The van der Waals surface area contributed by atoms with Gasteiger partial charge in [-0.25, -0.2) is 15.0 Å². The molecule has 0 aliphatic rings. The molecule has 29 heavy (non-hydrogen) atoms. The Balaban J connectivity index is 0.00000300. The van der Waals surface area contributed by atoms with E-state index >= 15 is 0 Å². The van der Waals surface area contributed by atoms with Gasteiger partial charge in [0.25, 0.3) is 0 Å². The van der Waals surface area contributed by atoms with Crippen LogP contribution in [-0.4, -0.2) is 43.4 Å². The van der Waals surface area contributed by atoms with Crippen molar-refractivity contribution in [3.63, 3.8) is 0 Å². The van der Waals surface area contributed by atoms with Crippen LogP contribution in [0.25, 0.3) is 5.82 Å². The highest BCUT2D eigenvalue weighted by Crippen LogP contribution is 2.08. The molecule has 0 amide bonds. The molecule has 3 aromatic rings. The van der Waals surface area contributed by atoms with Gasteiger partial charge in [-0.3, -0.25) is 9.25 Å². The van der Waals surface area contributed by atoms with Crippen LogP contribution in [0.15, 0.2) is 48.1 Å². The van der Waals surface area contributed by atoms with Crippen LogP contribution in [0.5, 0.6) is 0 Å². The first-order valence-corrected chi connectivity index (χ1v) is 9.62.